The van der Waals surface area contributed by atoms with Gasteiger partial charge in [-0.15, -0.1) is 0 Å². The Labute approximate surface area is 113 Å². The van der Waals surface area contributed by atoms with E-state index in [2.05, 4.69) is 4.98 Å². The highest BCUT2D eigenvalue weighted by Gasteiger charge is 2.56. The first-order valence-corrected chi connectivity index (χ1v) is 6.55. The van der Waals surface area contributed by atoms with E-state index >= 15 is 0 Å². The predicted molar refractivity (Wildman–Crippen MR) is 62.9 cm³/mol. The third-order valence-corrected chi connectivity index (χ3v) is 4.40. The molecule has 0 aromatic carbocycles. The van der Waals surface area contributed by atoms with Crippen molar-refractivity contribution < 1.29 is 18.0 Å². The number of rotatable bonds is 2. The van der Waals surface area contributed by atoms with Crippen LogP contribution in [0.4, 0.5) is 13.2 Å². The van der Waals surface area contributed by atoms with Gasteiger partial charge >= 0.3 is 6.18 Å². The molecule has 0 spiro atoms. The molecule has 2 aliphatic rings. The normalized spacial score (nSPS) is 29.2. The molecular formula is C13H11ClF3NO. The van der Waals surface area contributed by atoms with Crippen molar-refractivity contribution in [2.75, 3.05) is 0 Å². The van der Waals surface area contributed by atoms with Crippen molar-refractivity contribution in [1.82, 2.24) is 4.98 Å². The first-order chi connectivity index (χ1) is 8.89. The van der Waals surface area contributed by atoms with E-state index < -0.39 is 11.9 Å². The van der Waals surface area contributed by atoms with E-state index in [0.29, 0.717) is 11.8 Å². The van der Waals surface area contributed by atoms with Crippen molar-refractivity contribution in [3.05, 3.63) is 28.5 Å². The molecular weight excluding hydrogens is 279 g/mol. The third kappa shape index (κ3) is 2.14. The van der Waals surface area contributed by atoms with Gasteiger partial charge in [-0.1, -0.05) is 18.0 Å². The van der Waals surface area contributed by atoms with Gasteiger partial charge in [-0.3, -0.25) is 4.79 Å². The van der Waals surface area contributed by atoms with Gasteiger partial charge in [0, 0.05) is 5.92 Å². The Morgan fingerprint density at radius 1 is 1.26 bits per heavy atom. The molecule has 0 saturated heterocycles. The second kappa shape index (κ2) is 4.20. The Kier molecular flexibility index (Phi) is 2.85. The van der Waals surface area contributed by atoms with Crippen LogP contribution in [0.1, 0.15) is 35.3 Å². The van der Waals surface area contributed by atoms with Gasteiger partial charge in [0.2, 0.25) is 0 Å². The Bertz CT molecular complexity index is 533. The quantitative estimate of drug-likeness (QED) is 0.609. The molecule has 1 aromatic heterocycles. The summed E-state index contributed by atoms with van der Waals surface area (Å²) < 4.78 is 37.4. The summed E-state index contributed by atoms with van der Waals surface area (Å²) in [6.07, 6.45) is -1.33. The molecule has 2 aliphatic carbocycles. The Hall–Kier alpha value is -1.10. The van der Waals surface area contributed by atoms with E-state index in [1.54, 1.807) is 0 Å². The molecule has 102 valence electrons. The number of Topliss-reactive ketones (excluding diaryl/α,β-unsaturated/α-hetero) is 1. The number of aromatic nitrogens is 1. The van der Waals surface area contributed by atoms with Crippen LogP contribution in [0.25, 0.3) is 0 Å². The minimum atomic E-state index is -4.54. The van der Waals surface area contributed by atoms with Crippen LogP contribution in [0.5, 0.6) is 0 Å². The lowest BCUT2D eigenvalue weighted by Crippen LogP contribution is -2.12. The number of nitrogens with zero attached hydrogens (tertiary/aromatic N) is 1. The van der Waals surface area contributed by atoms with Gasteiger partial charge in [0.1, 0.15) is 10.8 Å². The highest BCUT2D eigenvalue weighted by Crippen LogP contribution is 2.58. The standard InChI is InChI=1S/C13H11ClF3NO/c14-12-8(4-5-9(18-12)13(15,16)17)11(19)10-6-2-1-3-7(6)10/h4-7,10H,1-3H2. The molecule has 2 saturated carbocycles. The van der Waals surface area contributed by atoms with Gasteiger partial charge in [-0.25, -0.2) is 4.98 Å². The van der Waals surface area contributed by atoms with Gasteiger partial charge in [0.25, 0.3) is 0 Å². The fourth-order valence-corrected chi connectivity index (χ4v) is 3.41. The molecule has 19 heavy (non-hydrogen) atoms. The van der Waals surface area contributed by atoms with Crippen LogP contribution >= 0.6 is 11.6 Å². The average Bonchev–Trinajstić information content (AvgIpc) is 2.80. The molecule has 3 rings (SSSR count). The Morgan fingerprint density at radius 2 is 1.89 bits per heavy atom. The number of carbonyl (C=O) groups excluding carboxylic acids is 1. The number of pyridine rings is 1. The maximum Gasteiger partial charge on any atom is 0.433 e. The molecule has 1 aromatic rings. The van der Waals surface area contributed by atoms with Crippen LogP contribution in [0, 0.1) is 17.8 Å². The van der Waals surface area contributed by atoms with Crippen molar-refractivity contribution in [1.29, 1.82) is 0 Å². The maximum atomic E-state index is 12.5. The summed E-state index contributed by atoms with van der Waals surface area (Å²) in [4.78, 5) is 15.5. The highest BCUT2D eigenvalue weighted by atomic mass is 35.5. The van der Waals surface area contributed by atoms with E-state index in [1.807, 2.05) is 0 Å². The van der Waals surface area contributed by atoms with Gasteiger partial charge in [-0.05, 0) is 36.8 Å². The molecule has 0 bridgehead atoms. The average molecular weight is 290 g/mol. The van der Waals surface area contributed by atoms with Gasteiger partial charge in [0.15, 0.2) is 5.78 Å². The summed E-state index contributed by atoms with van der Waals surface area (Å²) in [5.74, 6) is 0.613. The molecule has 1 heterocycles. The van der Waals surface area contributed by atoms with E-state index in [-0.39, 0.29) is 22.4 Å². The third-order valence-electron chi connectivity index (χ3n) is 4.11. The summed E-state index contributed by atoms with van der Waals surface area (Å²) in [6.45, 7) is 0. The van der Waals surface area contributed by atoms with Crippen LogP contribution in [0.15, 0.2) is 12.1 Å². The zero-order valence-corrected chi connectivity index (χ0v) is 10.6. The zero-order chi connectivity index (χ0) is 13.8. The first kappa shape index (κ1) is 12.9. The second-order valence-corrected chi connectivity index (χ2v) is 5.54. The van der Waals surface area contributed by atoms with E-state index in [9.17, 15) is 18.0 Å². The monoisotopic (exact) mass is 289 g/mol. The molecule has 2 atom stereocenters. The van der Waals surface area contributed by atoms with Crippen molar-refractivity contribution in [2.24, 2.45) is 17.8 Å². The van der Waals surface area contributed by atoms with E-state index in [4.69, 9.17) is 11.6 Å². The molecule has 6 heteroatoms. The number of ketones is 1. The fraction of sp³-hybridized carbons (Fsp3) is 0.538. The number of carbonyl (C=O) groups is 1. The number of fused-ring (bicyclic) bond motifs is 1. The van der Waals surface area contributed by atoms with Crippen LogP contribution in [0.2, 0.25) is 5.15 Å². The van der Waals surface area contributed by atoms with E-state index in [0.717, 1.165) is 31.4 Å². The van der Waals surface area contributed by atoms with Gasteiger partial charge in [-0.2, -0.15) is 13.2 Å². The molecule has 2 nitrogen and oxygen atoms in total. The van der Waals surface area contributed by atoms with Gasteiger partial charge < -0.3 is 0 Å². The largest absolute Gasteiger partial charge is 0.433 e. The maximum absolute atomic E-state index is 12.5. The summed E-state index contributed by atoms with van der Waals surface area (Å²) >= 11 is 5.73. The van der Waals surface area contributed by atoms with Gasteiger partial charge in [0.05, 0.1) is 5.56 Å². The van der Waals surface area contributed by atoms with Crippen molar-refractivity contribution >= 4 is 17.4 Å². The SMILES string of the molecule is O=C(c1ccc(C(F)(F)F)nc1Cl)C1C2CCCC21. The minimum Gasteiger partial charge on any atom is -0.294 e. The van der Waals surface area contributed by atoms with Crippen molar-refractivity contribution in [3.63, 3.8) is 0 Å². The topological polar surface area (TPSA) is 30.0 Å². The van der Waals surface area contributed by atoms with E-state index in [1.165, 1.54) is 0 Å². The van der Waals surface area contributed by atoms with Crippen LogP contribution < -0.4 is 0 Å². The molecule has 0 radical (unpaired) electrons. The number of hydrogen-bond donors (Lipinski definition) is 0. The number of alkyl halides is 3. The highest BCUT2D eigenvalue weighted by molar-refractivity contribution is 6.33. The summed E-state index contributed by atoms with van der Waals surface area (Å²) in [5, 5.41) is -0.343. The molecule has 0 N–H and O–H groups in total. The lowest BCUT2D eigenvalue weighted by Gasteiger charge is -2.09. The predicted octanol–water partition coefficient (Wildman–Crippen LogP) is 3.98. The smallest absolute Gasteiger partial charge is 0.294 e. The lowest BCUT2D eigenvalue weighted by molar-refractivity contribution is -0.141. The number of hydrogen-bond acceptors (Lipinski definition) is 2. The van der Waals surface area contributed by atoms with Crippen LogP contribution in [0.3, 0.4) is 0 Å². The Balaban J connectivity index is 1.84. The molecule has 2 unspecified atom stereocenters. The fourth-order valence-electron chi connectivity index (χ4n) is 3.17. The molecule has 2 fully saturated rings. The van der Waals surface area contributed by atoms with Crippen LogP contribution in [-0.2, 0) is 6.18 Å². The first-order valence-electron chi connectivity index (χ1n) is 6.17. The number of halogens is 4. The van der Waals surface area contributed by atoms with Crippen LogP contribution in [-0.4, -0.2) is 10.8 Å². The van der Waals surface area contributed by atoms with Crippen molar-refractivity contribution in [3.8, 4) is 0 Å². The summed E-state index contributed by atoms with van der Waals surface area (Å²) in [6, 6.07) is 1.96. The zero-order valence-electron chi connectivity index (χ0n) is 9.88. The Morgan fingerprint density at radius 3 is 2.42 bits per heavy atom. The van der Waals surface area contributed by atoms with Crippen molar-refractivity contribution in [2.45, 2.75) is 25.4 Å². The summed E-state index contributed by atoms with van der Waals surface area (Å²) in [5.41, 5.74) is -0.945. The second-order valence-electron chi connectivity index (χ2n) is 5.18. The molecule has 0 aliphatic heterocycles. The lowest BCUT2D eigenvalue weighted by atomic mass is 10.0. The minimum absolute atomic E-state index is 0.0511. The summed E-state index contributed by atoms with van der Waals surface area (Å²) in [7, 11) is 0. The molecule has 0 amide bonds.